The summed E-state index contributed by atoms with van der Waals surface area (Å²) in [6.45, 7) is 8.05. The van der Waals surface area contributed by atoms with Gasteiger partial charge < -0.3 is 4.74 Å². The Kier molecular flexibility index (Phi) is 6.20. The molecule has 5 heteroatoms. The molecule has 0 aromatic heterocycles. The minimum absolute atomic E-state index is 0.0573. The summed E-state index contributed by atoms with van der Waals surface area (Å²) in [4.78, 5) is 50.6. The lowest BCUT2D eigenvalue weighted by Crippen LogP contribution is -2.50. The Morgan fingerprint density at radius 2 is 1.88 bits per heavy atom. The molecule has 0 N–H and O–H groups in total. The number of carbonyl (C=O) groups excluding carboxylic acids is 4. The third-order valence-corrected chi connectivity index (χ3v) is 5.92. The number of ether oxygens (including phenoxy) is 1. The standard InChI is InChI=1S/C21H30O5/c1-6-8-14(22)17-15(23)11-13(16(19(17)24)20(25)26-5)18-12(2)9-7-10-21(18,3)4/h13,16-17H,6-11H2,1-5H3. The van der Waals surface area contributed by atoms with Crippen LogP contribution in [0.1, 0.15) is 66.2 Å². The molecular formula is C21H30O5. The van der Waals surface area contributed by atoms with Crippen molar-refractivity contribution in [3.8, 4) is 0 Å². The zero-order chi connectivity index (χ0) is 19.6. The molecule has 3 unspecified atom stereocenters. The van der Waals surface area contributed by atoms with Crippen LogP contribution in [-0.2, 0) is 23.9 Å². The third kappa shape index (κ3) is 3.67. The number of Topliss-reactive ketones (excluding diaryl/α,β-unsaturated/α-hetero) is 3. The average molecular weight is 362 g/mol. The molecule has 0 aromatic carbocycles. The summed E-state index contributed by atoms with van der Waals surface area (Å²) in [5.41, 5.74) is 2.00. The predicted octanol–water partition coefficient (Wildman–Crippen LogP) is 3.45. The second-order valence-electron chi connectivity index (χ2n) is 8.26. The van der Waals surface area contributed by atoms with Crippen LogP contribution in [0.15, 0.2) is 11.1 Å². The number of hydrogen-bond donors (Lipinski definition) is 0. The molecular weight excluding hydrogens is 332 g/mol. The third-order valence-electron chi connectivity index (χ3n) is 5.92. The second-order valence-corrected chi connectivity index (χ2v) is 8.26. The van der Waals surface area contributed by atoms with E-state index < -0.39 is 29.5 Å². The predicted molar refractivity (Wildman–Crippen MR) is 97.4 cm³/mol. The van der Waals surface area contributed by atoms with E-state index in [1.807, 2.05) is 13.8 Å². The van der Waals surface area contributed by atoms with E-state index in [1.165, 1.54) is 7.11 Å². The first-order valence-corrected chi connectivity index (χ1v) is 9.52. The molecule has 144 valence electrons. The number of carbonyl (C=O) groups is 4. The fourth-order valence-electron chi connectivity index (χ4n) is 4.85. The average Bonchev–Trinajstić information content (AvgIpc) is 2.53. The van der Waals surface area contributed by atoms with Crippen molar-refractivity contribution >= 4 is 23.3 Å². The molecule has 1 saturated carbocycles. The maximum absolute atomic E-state index is 13.1. The summed E-state index contributed by atoms with van der Waals surface area (Å²) < 4.78 is 4.90. The zero-order valence-corrected chi connectivity index (χ0v) is 16.5. The number of allylic oxidation sites excluding steroid dienone is 2. The zero-order valence-electron chi connectivity index (χ0n) is 16.5. The van der Waals surface area contributed by atoms with E-state index in [1.54, 1.807) is 0 Å². The van der Waals surface area contributed by atoms with Crippen LogP contribution in [0, 0.1) is 23.2 Å². The second kappa shape index (κ2) is 7.85. The number of ketones is 3. The van der Waals surface area contributed by atoms with Crippen molar-refractivity contribution < 1.29 is 23.9 Å². The first-order valence-electron chi connectivity index (χ1n) is 9.52. The number of esters is 1. The van der Waals surface area contributed by atoms with Crippen LogP contribution in [0.5, 0.6) is 0 Å². The molecule has 2 rings (SSSR count). The first kappa shape index (κ1) is 20.5. The Labute approximate surface area is 155 Å². The minimum atomic E-state index is -1.30. The van der Waals surface area contributed by atoms with Crippen molar-refractivity contribution in [2.24, 2.45) is 23.2 Å². The Hall–Kier alpha value is -1.78. The van der Waals surface area contributed by atoms with Crippen molar-refractivity contribution in [1.82, 2.24) is 0 Å². The molecule has 2 aliphatic rings. The van der Waals surface area contributed by atoms with Gasteiger partial charge in [0.1, 0.15) is 11.8 Å². The summed E-state index contributed by atoms with van der Waals surface area (Å²) in [6, 6.07) is 0. The van der Waals surface area contributed by atoms with Gasteiger partial charge in [-0.2, -0.15) is 0 Å². The number of hydrogen-bond acceptors (Lipinski definition) is 5. The molecule has 1 fully saturated rings. The number of methoxy groups -OCH3 is 1. The van der Waals surface area contributed by atoms with Gasteiger partial charge in [0.15, 0.2) is 17.3 Å². The van der Waals surface area contributed by atoms with Crippen LogP contribution >= 0.6 is 0 Å². The Bertz CT molecular complexity index is 655. The lowest BCUT2D eigenvalue weighted by atomic mass is 9.59. The van der Waals surface area contributed by atoms with Crippen molar-refractivity contribution in [2.45, 2.75) is 66.2 Å². The summed E-state index contributed by atoms with van der Waals surface area (Å²) >= 11 is 0. The van der Waals surface area contributed by atoms with Crippen LogP contribution in [0.4, 0.5) is 0 Å². The molecule has 5 nitrogen and oxygen atoms in total. The van der Waals surface area contributed by atoms with E-state index in [4.69, 9.17) is 4.74 Å². The smallest absolute Gasteiger partial charge is 0.316 e. The van der Waals surface area contributed by atoms with E-state index in [0.29, 0.717) is 6.42 Å². The monoisotopic (exact) mass is 362 g/mol. The molecule has 0 bridgehead atoms. The SMILES string of the molecule is CCCC(=O)C1C(=O)CC(C2=C(C)CCCC2(C)C)C(C(=O)OC)C1=O. The van der Waals surface area contributed by atoms with Gasteiger partial charge in [-0.05, 0) is 38.0 Å². The molecule has 0 spiro atoms. The highest BCUT2D eigenvalue weighted by Crippen LogP contribution is 2.49. The summed E-state index contributed by atoms with van der Waals surface area (Å²) in [7, 11) is 1.25. The highest BCUT2D eigenvalue weighted by molar-refractivity contribution is 6.24. The molecule has 0 amide bonds. The fraction of sp³-hybridized carbons (Fsp3) is 0.714. The van der Waals surface area contributed by atoms with Gasteiger partial charge in [0.25, 0.3) is 0 Å². The van der Waals surface area contributed by atoms with Crippen LogP contribution in [0.25, 0.3) is 0 Å². The van der Waals surface area contributed by atoms with Gasteiger partial charge in [0, 0.05) is 18.8 Å². The van der Waals surface area contributed by atoms with Crippen LogP contribution in [0.2, 0.25) is 0 Å². The topological polar surface area (TPSA) is 77.5 Å². The maximum Gasteiger partial charge on any atom is 0.316 e. The molecule has 0 radical (unpaired) electrons. The van der Waals surface area contributed by atoms with Gasteiger partial charge in [-0.25, -0.2) is 0 Å². The molecule has 0 saturated heterocycles. The van der Waals surface area contributed by atoms with Crippen molar-refractivity contribution in [2.75, 3.05) is 7.11 Å². The molecule has 0 aromatic rings. The maximum atomic E-state index is 13.1. The Morgan fingerprint density at radius 1 is 1.23 bits per heavy atom. The van der Waals surface area contributed by atoms with Crippen LogP contribution in [-0.4, -0.2) is 30.4 Å². The molecule has 3 atom stereocenters. The fourth-order valence-corrected chi connectivity index (χ4v) is 4.85. The molecule has 2 aliphatic carbocycles. The molecule has 0 aliphatic heterocycles. The van der Waals surface area contributed by atoms with Gasteiger partial charge in [-0.3, -0.25) is 19.2 Å². The largest absolute Gasteiger partial charge is 0.468 e. The lowest BCUT2D eigenvalue weighted by Gasteiger charge is -2.43. The Balaban J connectivity index is 2.50. The summed E-state index contributed by atoms with van der Waals surface area (Å²) in [6.07, 6.45) is 3.71. The summed E-state index contributed by atoms with van der Waals surface area (Å²) in [5, 5.41) is 0. The van der Waals surface area contributed by atoms with Gasteiger partial charge in [-0.1, -0.05) is 31.9 Å². The molecule has 0 heterocycles. The lowest BCUT2D eigenvalue weighted by molar-refractivity contribution is -0.157. The van der Waals surface area contributed by atoms with Gasteiger partial charge >= 0.3 is 5.97 Å². The highest BCUT2D eigenvalue weighted by atomic mass is 16.5. The van der Waals surface area contributed by atoms with Crippen molar-refractivity contribution in [3.63, 3.8) is 0 Å². The number of rotatable bonds is 5. The van der Waals surface area contributed by atoms with Crippen LogP contribution < -0.4 is 0 Å². The minimum Gasteiger partial charge on any atom is -0.468 e. The van der Waals surface area contributed by atoms with Crippen LogP contribution in [0.3, 0.4) is 0 Å². The van der Waals surface area contributed by atoms with Crippen molar-refractivity contribution in [1.29, 1.82) is 0 Å². The van der Waals surface area contributed by atoms with E-state index in [0.717, 1.165) is 30.4 Å². The normalized spacial score (nSPS) is 28.9. The van der Waals surface area contributed by atoms with E-state index in [-0.39, 0.29) is 29.8 Å². The highest BCUT2D eigenvalue weighted by Gasteiger charge is 2.53. The van der Waals surface area contributed by atoms with Gasteiger partial charge in [0.05, 0.1) is 7.11 Å². The van der Waals surface area contributed by atoms with Gasteiger partial charge in [-0.15, -0.1) is 0 Å². The van der Waals surface area contributed by atoms with Crippen molar-refractivity contribution in [3.05, 3.63) is 11.1 Å². The van der Waals surface area contributed by atoms with Gasteiger partial charge in [0.2, 0.25) is 0 Å². The molecule has 26 heavy (non-hydrogen) atoms. The van der Waals surface area contributed by atoms with E-state index in [9.17, 15) is 19.2 Å². The first-order chi connectivity index (χ1) is 12.2. The summed E-state index contributed by atoms with van der Waals surface area (Å²) in [5.74, 6) is -4.79. The van der Waals surface area contributed by atoms with E-state index in [2.05, 4.69) is 13.8 Å². The quantitative estimate of drug-likeness (QED) is 0.425. The van der Waals surface area contributed by atoms with E-state index >= 15 is 0 Å². The Morgan fingerprint density at radius 3 is 2.42 bits per heavy atom.